The van der Waals surface area contributed by atoms with Crippen LogP contribution in [0.5, 0.6) is 0 Å². The zero-order valence-electron chi connectivity index (χ0n) is 13.2. The van der Waals surface area contributed by atoms with Crippen LogP contribution in [0.4, 0.5) is 10.1 Å². The molecule has 2 heterocycles. The highest BCUT2D eigenvalue weighted by Crippen LogP contribution is 2.29. The summed E-state index contributed by atoms with van der Waals surface area (Å²) >= 11 is 1.29. The van der Waals surface area contributed by atoms with Crippen LogP contribution in [0, 0.1) is 12.7 Å². The van der Waals surface area contributed by atoms with Gasteiger partial charge in [0.25, 0.3) is 5.91 Å². The minimum atomic E-state index is -0.302. The molecule has 0 aliphatic rings. The highest BCUT2D eigenvalue weighted by atomic mass is 32.1. The summed E-state index contributed by atoms with van der Waals surface area (Å²) < 4.78 is 13.1. The van der Waals surface area contributed by atoms with Gasteiger partial charge in [-0.3, -0.25) is 9.89 Å². The molecule has 2 aromatic carbocycles. The molecular weight excluding hydrogens is 339 g/mol. The molecule has 0 fully saturated rings. The maximum Gasteiger partial charge on any atom is 0.267 e. The number of hydrogen-bond donors (Lipinski definition) is 2. The molecule has 0 unspecified atom stereocenters. The number of carbonyl (C=O) groups excluding carboxylic acids is 1. The number of thiazole rings is 1. The van der Waals surface area contributed by atoms with Gasteiger partial charge in [-0.1, -0.05) is 0 Å². The number of halogens is 1. The minimum Gasteiger partial charge on any atom is -0.321 e. The fourth-order valence-electron chi connectivity index (χ4n) is 2.53. The van der Waals surface area contributed by atoms with E-state index in [1.807, 2.05) is 18.2 Å². The quantitative estimate of drug-likeness (QED) is 0.574. The standard InChI is InChI=1S/C18H13FN4OS/c1-10-16(25-18(21-10)11-2-5-13(19)6-3-11)17(24)22-14-7-4-12-9-20-23-15(12)8-14/h2-9H,1H3,(H,20,23)(H,22,24). The van der Waals surface area contributed by atoms with E-state index in [1.54, 1.807) is 25.3 Å². The zero-order valence-corrected chi connectivity index (χ0v) is 14.0. The molecule has 1 amide bonds. The summed E-state index contributed by atoms with van der Waals surface area (Å²) in [5, 5.41) is 11.4. The number of aryl methyl sites for hydroxylation is 1. The summed E-state index contributed by atoms with van der Waals surface area (Å²) in [7, 11) is 0. The van der Waals surface area contributed by atoms with Crippen LogP contribution in [0.1, 0.15) is 15.4 Å². The second-order valence-electron chi connectivity index (χ2n) is 5.57. The van der Waals surface area contributed by atoms with E-state index < -0.39 is 0 Å². The van der Waals surface area contributed by atoms with Crippen molar-refractivity contribution in [1.82, 2.24) is 15.2 Å². The van der Waals surface area contributed by atoms with Crippen molar-refractivity contribution in [1.29, 1.82) is 0 Å². The van der Waals surface area contributed by atoms with E-state index in [4.69, 9.17) is 0 Å². The highest BCUT2D eigenvalue weighted by molar-refractivity contribution is 7.17. The number of aromatic amines is 1. The van der Waals surface area contributed by atoms with Crippen molar-refractivity contribution in [3.05, 3.63) is 65.0 Å². The lowest BCUT2D eigenvalue weighted by molar-refractivity contribution is 0.103. The Kier molecular flexibility index (Phi) is 3.77. The molecule has 0 aliphatic heterocycles. The zero-order chi connectivity index (χ0) is 17.4. The molecule has 0 atom stereocenters. The van der Waals surface area contributed by atoms with Crippen LogP contribution in [0.2, 0.25) is 0 Å². The number of nitrogens with one attached hydrogen (secondary N) is 2. The molecule has 7 heteroatoms. The van der Waals surface area contributed by atoms with Crippen LogP contribution in [0.15, 0.2) is 48.7 Å². The Bertz CT molecular complexity index is 1070. The van der Waals surface area contributed by atoms with E-state index in [1.165, 1.54) is 23.5 Å². The van der Waals surface area contributed by atoms with Gasteiger partial charge in [-0.25, -0.2) is 9.37 Å². The Morgan fingerprint density at radius 2 is 2.00 bits per heavy atom. The number of nitrogens with zero attached hydrogens (tertiary/aromatic N) is 2. The third kappa shape index (κ3) is 3.01. The third-order valence-corrected chi connectivity index (χ3v) is 5.00. The first-order chi connectivity index (χ1) is 12.1. The van der Waals surface area contributed by atoms with Gasteiger partial charge in [0.15, 0.2) is 0 Å². The van der Waals surface area contributed by atoms with Gasteiger partial charge in [0, 0.05) is 16.6 Å². The smallest absolute Gasteiger partial charge is 0.267 e. The normalized spacial score (nSPS) is 11.0. The number of rotatable bonds is 3. The van der Waals surface area contributed by atoms with Gasteiger partial charge in [-0.15, -0.1) is 11.3 Å². The van der Waals surface area contributed by atoms with Gasteiger partial charge >= 0.3 is 0 Å². The van der Waals surface area contributed by atoms with Crippen LogP contribution in [-0.2, 0) is 0 Å². The van der Waals surface area contributed by atoms with Crippen molar-refractivity contribution in [2.45, 2.75) is 6.92 Å². The SMILES string of the molecule is Cc1nc(-c2ccc(F)cc2)sc1C(=O)Nc1ccc2cn[nH]c2c1. The highest BCUT2D eigenvalue weighted by Gasteiger charge is 2.16. The first-order valence-corrected chi connectivity index (χ1v) is 8.39. The lowest BCUT2D eigenvalue weighted by atomic mass is 10.2. The lowest BCUT2D eigenvalue weighted by Crippen LogP contribution is -2.11. The average molecular weight is 352 g/mol. The van der Waals surface area contributed by atoms with E-state index in [0.29, 0.717) is 21.3 Å². The topological polar surface area (TPSA) is 70.7 Å². The average Bonchev–Trinajstić information content (AvgIpc) is 3.21. The van der Waals surface area contributed by atoms with Crippen molar-refractivity contribution in [2.24, 2.45) is 0 Å². The summed E-state index contributed by atoms with van der Waals surface area (Å²) in [5.41, 5.74) is 2.96. The fourth-order valence-corrected chi connectivity index (χ4v) is 3.49. The van der Waals surface area contributed by atoms with Crippen LogP contribution in [0.25, 0.3) is 21.5 Å². The van der Waals surface area contributed by atoms with Crippen molar-refractivity contribution < 1.29 is 9.18 Å². The monoisotopic (exact) mass is 352 g/mol. The Balaban J connectivity index is 1.60. The minimum absolute atomic E-state index is 0.220. The van der Waals surface area contributed by atoms with Gasteiger partial charge in [-0.05, 0) is 49.4 Å². The molecule has 0 bridgehead atoms. The number of benzene rings is 2. The van der Waals surface area contributed by atoms with Crippen molar-refractivity contribution in [3.8, 4) is 10.6 Å². The Hall–Kier alpha value is -3.06. The Labute approximate surface area is 146 Å². The van der Waals surface area contributed by atoms with Crippen LogP contribution < -0.4 is 5.32 Å². The molecule has 0 aliphatic carbocycles. The summed E-state index contributed by atoms with van der Waals surface area (Å²) in [5.74, 6) is -0.522. The predicted octanol–water partition coefficient (Wildman–Crippen LogP) is 4.39. The molecule has 0 saturated carbocycles. The first kappa shape index (κ1) is 15.5. The van der Waals surface area contributed by atoms with Crippen LogP contribution >= 0.6 is 11.3 Å². The number of aromatic nitrogens is 3. The first-order valence-electron chi connectivity index (χ1n) is 7.58. The van der Waals surface area contributed by atoms with Gasteiger partial charge in [-0.2, -0.15) is 5.10 Å². The number of anilines is 1. The number of amides is 1. The molecule has 2 N–H and O–H groups in total. The van der Waals surface area contributed by atoms with Crippen molar-refractivity contribution in [2.75, 3.05) is 5.32 Å². The molecular formula is C18H13FN4OS. The van der Waals surface area contributed by atoms with E-state index >= 15 is 0 Å². The molecule has 4 aromatic rings. The van der Waals surface area contributed by atoms with Crippen LogP contribution in [0.3, 0.4) is 0 Å². The number of H-pyrrole nitrogens is 1. The summed E-state index contributed by atoms with van der Waals surface area (Å²) in [4.78, 5) is 17.5. The Morgan fingerprint density at radius 3 is 2.80 bits per heavy atom. The molecule has 0 radical (unpaired) electrons. The van der Waals surface area contributed by atoms with E-state index in [9.17, 15) is 9.18 Å². The van der Waals surface area contributed by atoms with Gasteiger partial charge in [0.2, 0.25) is 0 Å². The second-order valence-corrected chi connectivity index (χ2v) is 6.57. The predicted molar refractivity (Wildman–Crippen MR) is 96.3 cm³/mol. The number of carbonyl (C=O) groups is 1. The number of hydrogen-bond acceptors (Lipinski definition) is 4. The maximum absolute atomic E-state index is 13.1. The molecule has 2 aromatic heterocycles. The molecule has 0 saturated heterocycles. The lowest BCUT2D eigenvalue weighted by Gasteiger charge is -2.04. The van der Waals surface area contributed by atoms with Crippen LogP contribution in [-0.4, -0.2) is 21.1 Å². The molecule has 124 valence electrons. The summed E-state index contributed by atoms with van der Waals surface area (Å²) in [6.07, 6.45) is 1.73. The van der Waals surface area contributed by atoms with E-state index in [2.05, 4.69) is 20.5 Å². The van der Waals surface area contributed by atoms with E-state index in [-0.39, 0.29) is 11.7 Å². The molecule has 25 heavy (non-hydrogen) atoms. The van der Waals surface area contributed by atoms with Crippen molar-refractivity contribution in [3.63, 3.8) is 0 Å². The third-order valence-electron chi connectivity index (χ3n) is 3.79. The van der Waals surface area contributed by atoms with Gasteiger partial charge in [0.1, 0.15) is 15.7 Å². The fraction of sp³-hybridized carbons (Fsp3) is 0.0556. The molecule has 5 nitrogen and oxygen atoms in total. The second kappa shape index (κ2) is 6.10. The summed E-state index contributed by atoms with van der Waals surface area (Å²) in [6, 6.07) is 11.6. The van der Waals surface area contributed by atoms with Gasteiger partial charge in [0.05, 0.1) is 17.4 Å². The maximum atomic E-state index is 13.1. The van der Waals surface area contributed by atoms with E-state index in [0.717, 1.165) is 16.5 Å². The molecule has 0 spiro atoms. The Morgan fingerprint density at radius 1 is 1.20 bits per heavy atom. The number of fused-ring (bicyclic) bond motifs is 1. The van der Waals surface area contributed by atoms with Crippen molar-refractivity contribution >= 4 is 33.8 Å². The largest absolute Gasteiger partial charge is 0.321 e. The molecule has 4 rings (SSSR count). The van der Waals surface area contributed by atoms with Gasteiger partial charge < -0.3 is 5.32 Å². The summed E-state index contributed by atoms with van der Waals surface area (Å²) in [6.45, 7) is 1.79.